The van der Waals surface area contributed by atoms with Crippen LogP contribution >= 0.6 is 11.6 Å². The van der Waals surface area contributed by atoms with Crippen LogP contribution in [0.1, 0.15) is 44.1 Å². The minimum Gasteiger partial charge on any atom is -0.326 e. The summed E-state index contributed by atoms with van der Waals surface area (Å²) >= 11 is 5.77. The molecule has 18 heavy (non-hydrogen) atoms. The van der Waals surface area contributed by atoms with Crippen LogP contribution in [-0.4, -0.2) is 5.91 Å². The Bertz CT molecular complexity index is 399. The molecule has 0 aliphatic heterocycles. The van der Waals surface area contributed by atoms with E-state index in [1.54, 1.807) is 0 Å². The molecule has 2 rings (SSSR count). The Balaban J connectivity index is 1.78. The van der Waals surface area contributed by atoms with Gasteiger partial charge in [-0.05, 0) is 30.0 Å². The van der Waals surface area contributed by atoms with Gasteiger partial charge in [-0.3, -0.25) is 4.79 Å². The first-order valence-corrected chi connectivity index (χ1v) is 7.26. The minimum atomic E-state index is 0.119. The molecule has 0 atom stereocenters. The number of anilines is 1. The maximum absolute atomic E-state index is 11.8. The Kier molecular flexibility index (Phi) is 5.06. The van der Waals surface area contributed by atoms with Gasteiger partial charge in [-0.1, -0.05) is 37.8 Å². The van der Waals surface area contributed by atoms with Gasteiger partial charge in [0.15, 0.2) is 0 Å². The van der Waals surface area contributed by atoms with Crippen LogP contribution in [0.15, 0.2) is 24.3 Å². The van der Waals surface area contributed by atoms with Gasteiger partial charge in [-0.2, -0.15) is 0 Å². The van der Waals surface area contributed by atoms with Gasteiger partial charge in [-0.15, -0.1) is 11.6 Å². The van der Waals surface area contributed by atoms with Crippen molar-refractivity contribution in [1.82, 2.24) is 0 Å². The summed E-state index contributed by atoms with van der Waals surface area (Å²) in [7, 11) is 0. The molecule has 2 nitrogen and oxygen atoms in total. The zero-order valence-corrected chi connectivity index (χ0v) is 11.4. The molecular weight excluding hydrogens is 246 g/mol. The third-order valence-electron chi connectivity index (χ3n) is 3.62. The van der Waals surface area contributed by atoms with E-state index in [0.717, 1.165) is 23.6 Å². The van der Waals surface area contributed by atoms with Gasteiger partial charge in [0.05, 0.1) is 0 Å². The van der Waals surface area contributed by atoms with Crippen molar-refractivity contribution < 1.29 is 4.79 Å². The molecule has 1 aliphatic rings. The molecular formula is C15H20ClNO. The summed E-state index contributed by atoms with van der Waals surface area (Å²) in [6.07, 6.45) is 6.94. The van der Waals surface area contributed by atoms with Gasteiger partial charge in [0.25, 0.3) is 0 Å². The Morgan fingerprint density at radius 1 is 1.33 bits per heavy atom. The molecule has 3 heteroatoms. The van der Waals surface area contributed by atoms with E-state index in [0.29, 0.717) is 12.3 Å². The van der Waals surface area contributed by atoms with E-state index in [1.165, 1.54) is 25.7 Å². The largest absolute Gasteiger partial charge is 0.326 e. The Hall–Kier alpha value is -1.02. The van der Waals surface area contributed by atoms with Gasteiger partial charge in [0, 0.05) is 18.0 Å². The van der Waals surface area contributed by atoms with E-state index in [4.69, 9.17) is 11.6 Å². The molecule has 1 aromatic carbocycles. The lowest BCUT2D eigenvalue weighted by molar-refractivity contribution is -0.116. The van der Waals surface area contributed by atoms with Crippen molar-refractivity contribution in [2.24, 2.45) is 5.92 Å². The lowest BCUT2D eigenvalue weighted by Crippen LogP contribution is -2.12. The van der Waals surface area contributed by atoms with Crippen molar-refractivity contribution in [3.05, 3.63) is 29.8 Å². The predicted molar refractivity (Wildman–Crippen MR) is 75.8 cm³/mol. The second kappa shape index (κ2) is 6.79. The molecule has 0 aromatic heterocycles. The second-order valence-electron chi connectivity index (χ2n) is 5.07. The number of halogens is 1. The van der Waals surface area contributed by atoms with Crippen molar-refractivity contribution in [3.8, 4) is 0 Å². The van der Waals surface area contributed by atoms with E-state index < -0.39 is 0 Å². The Morgan fingerprint density at radius 3 is 2.83 bits per heavy atom. The predicted octanol–water partition coefficient (Wildman–Crippen LogP) is 4.33. The lowest BCUT2D eigenvalue weighted by atomic mass is 10.0. The summed E-state index contributed by atoms with van der Waals surface area (Å²) < 4.78 is 0. The van der Waals surface area contributed by atoms with Crippen molar-refractivity contribution >= 4 is 23.2 Å². The van der Waals surface area contributed by atoms with Crippen LogP contribution in [-0.2, 0) is 10.7 Å². The van der Waals surface area contributed by atoms with Crippen LogP contribution in [0.3, 0.4) is 0 Å². The van der Waals surface area contributed by atoms with Crippen LogP contribution in [0, 0.1) is 5.92 Å². The first kappa shape index (κ1) is 13.4. The number of carbonyl (C=O) groups is 1. The molecule has 0 bridgehead atoms. The molecule has 0 heterocycles. The quantitative estimate of drug-likeness (QED) is 0.789. The van der Waals surface area contributed by atoms with E-state index >= 15 is 0 Å². The molecule has 1 saturated carbocycles. The maximum Gasteiger partial charge on any atom is 0.224 e. The number of nitrogens with one attached hydrogen (secondary N) is 1. The van der Waals surface area contributed by atoms with Crippen molar-refractivity contribution in [2.45, 2.75) is 44.4 Å². The number of amides is 1. The van der Waals surface area contributed by atoms with E-state index in [9.17, 15) is 4.79 Å². The summed E-state index contributed by atoms with van der Waals surface area (Å²) in [6.45, 7) is 0. The second-order valence-corrected chi connectivity index (χ2v) is 5.34. The summed E-state index contributed by atoms with van der Waals surface area (Å²) in [5.41, 5.74) is 1.88. The standard InChI is InChI=1S/C15H20ClNO/c16-11-13-6-3-7-14(10-13)17-15(18)9-8-12-4-1-2-5-12/h3,6-7,10,12H,1-2,4-5,8-9,11H2,(H,17,18). The molecule has 1 fully saturated rings. The van der Waals surface area contributed by atoms with E-state index in [-0.39, 0.29) is 5.91 Å². The van der Waals surface area contributed by atoms with E-state index in [1.807, 2.05) is 24.3 Å². The highest BCUT2D eigenvalue weighted by atomic mass is 35.5. The van der Waals surface area contributed by atoms with Crippen LogP contribution < -0.4 is 5.32 Å². The molecule has 0 unspecified atom stereocenters. The topological polar surface area (TPSA) is 29.1 Å². The summed E-state index contributed by atoms with van der Waals surface area (Å²) in [4.78, 5) is 11.8. The number of carbonyl (C=O) groups excluding carboxylic acids is 1. The van der Waals surface area contributed by atoms with Crippen molar-refractivity contribution in [2.75, 3.05) is 5.32 Å². The van der Waals surface area contributed by atoms with Gasteiger partial charge in [0.1, 0.15) is 0 Å². The molecule has 0 saturated heterocycles. The number of hydrogen-bond acceptors (Lipinski definition) is 1. The fourth-order valence-corrected chi connectivity index (χ4v) is 2.76. The highest BCUT2D eigenvalue weighted by Crippen LogP contribution is 2.28. The van der Waals surface area contributed by atoms with Crippen molar-refractivity contribution in [3.63, 3.8) is 0 Å². The number of alkyl halides is 1. The third-order valence-corrected chi connectivity index (χ3v) is 3.93. The van der Waals surface area contributed by atoms with Gasteiger partial charge in [-0.25, -0.2) is 0 Å². The smallest absolute Gasteiger partial charge is 0.224 e. The van der Waals surface area contributed by atoms with Crippen LogP contribution in [0.5, 0.6) is 0 Å². The first-order valence-electron chi connectivity index (χ1n) is 6.72. The number of benzene rings is 1. The van der Waals surface area contributed by atoms with E-state index in [2.05, 4.69) is 5.32 Å². The highest BCUT2D eigenvalue weighted by Gasteiger charge is 2.16. The Labute approximate surface area is 114 Å². The SMILES string of the molecule is O=C(CCC1CCCC1)Nc1cccc(CCl)c1. The van der Waals surface area contributed by atoms with Crippen LogP contribution in [0.25, 0.3) is 0 Å². The zero-order chi connectivity index (χ0) is 12.8. The minimum absolute atomic E-state index is 0.119. The normalized spacial score (nSPS) is 15.8. The summed E-state index contributed by atoms with van der Waals surface area (Å²) in [5.74, 6) is 1.37. The molecule has 0 radical (unpaired) electrons. The number of rotatable bonds is 5. The van der Waals surface area contributed by atoms with Crippen LogP contribution in [0.2, 0.25) is 0 Å². The highest BCUT2D eigenvalue weighted by molar-refractivity contribution is 6.17. The third kappa shape index (κ3) is 4.02. The molecule has 1 aliphatic carbocycles. The first-order chi connectivity index (χ1) is 8.78. The monoisotopic (exact) mass is 265 g/mol. The summed E-state index contributed by atoms with van der Waals surface area (Å²) in [5, 5.41) is 2.94. The van der Waals surface area contributed by atoms with Crippen molar-refractivity contribution in [1.29, 1.82) is 0 Å². The molecule has 1 aromatic rings. The van der Waals surface area contributed by atoms with Gasteiger partial charge in [0.2, 0.25) is 5.91 Å². The fourth-order valence-electron chi connectivity index (χ4n) is 2.59. The average Bonchev–Trinajstić information content (AvgIpc) is 2.90. The molecule has 1 amide bonds. The fraction of sp³-hybridized carbons (Fsp3) is 0.533. The summed E-state index contributed by atoms with van der Waals surface area (Å²) in [6, 6.07) is 7.72. The number of hydrogen-bond donors (Lipinski definition) is 1. The lowest BCUT2D eigenvalue weighted by Gasteiger charge is -2.09. The zero-order valence-electron chi connectivity index (χ0n) is 10.6. The molecule has 1 N–H and O–H groups in total. The Morgan fingerprint density at radius 2 is 2.11 bits per heavy atom. The molecule has 98 valence electrons. The van der Waals surface area contributed by atoms with Crippen LogP contribution in [0.4, 0.5) is 5.69 Å². The maximum atomic E-state index is 11.8. The molecule has 0 spiro atoms. The average molecular weight is 266 g/mol. The van der Waals surface area contributed by atoms with Gasteiger partial charge >= 0.3 is 0 Å². The van der Waals surface area contributed by atoms with Gasteiger partial charge < -0.3 is 5.32 Å².